The number of piperidine rings is 1. The van der Waals surface area contributed by atoms with Crippen LogP contribution in [-0.4, -0.2) is 31.9 Å². The maximum atomic E-state index is 12.3. The van der Waals surface area contributed by atoms with Crippen molar-refractivity contribution in [1.82, 2.24) is 9.62 Å². The van der Waals surface area contributed by atoms with E-state index in [4.69, 9.17) is 0 Å². The van der Waals surface area contributed by atoms with Crippen LogP contribution >= 0.6 is 0 Å². The lowest BCUT2D eigenvalue weighted by Gasteiger charge is -2.26. The van der Waals surface area contributed by atoms with Crippen molar-refractivity contribution in [2.75, 3.05) is 17.8 Å². The molecule has 1 aliphatic heterocycles. The maximum Gasteiger partial charge on any atom is 0.301 e. The largest absolute Gasteiger partial charge is 0.310 e. The quantitative estimate of drug-likeness (QED) is 0.846. The van der Waals surface area contributed by atoms with E-state index in [2.05, 4.69) is 10.0 Å². The Morgan fingerprint density at radius 3 is 2.62 bits per heavy atom. The Morgan fingerprint density at radius 2 is 1.90 bits per heavy atom. The van der Waals surface area contributed by atoms with Crippen molar-refractivity contribution in [2.24, 2.45) is 0 Å². The van der Waals surface area contributed by atoms with Gasteiger partial charge in [-0.2, -0.15) is 12.7 Å². The molecule has 0 atom stereocenters. The Labute approximate surface area is 126 Å². The van der Waals surface area contributed by atoms with E-state index < -0.39 is 10.2 Å². The number of nitrogens with zero attached hydrogens (tertiary/aromatic N) is 1. The number of rotatable bonds is 6. The fourth-order valence-corrected chi connectivity index (χ4v) is 3.91. The zero-order chi connectivity index (χ0) is 14.7. The molecule has 2 aliphatic rings. The summed E-state index contributed by atoms with van der Waals surface area (Å²) in [5, 5.41) is 3.44. The Morgan fingerprint density at radius 1 is 1.14 bits per heavy atom. The lowest BCUT2D eigenvalue weighted by molar-refractivity contribution is 0.349. The Kier molecular flexibility index (Phi) is 4.47. The molecule has 0 amide bonds. The highest BCUT2D eigenvalue weighted by Crippen LogP contribution is 2.21. The smallest absolute Gasteiger partial charge is 0.301 e. The number of benzene rings is 1. The zero-order valence-corrected chi connectivity index (χ0v) is 13.0. The van der Waals surface area contributed by atoms with Crippen LogP contribution in [0.2, 0.25) is 0 Å². The van der Waals surface area contributed by atoms with E-state index in [9.17, 15) is 8.42 Å². The van der Waals surface area contributed by atoms with Crippen molar-refractivity contribution < 1.29 is 8.42 Å². The minimum Gasteiger partial charge on any atom is -0.310 e. The van der Waals surface area contributed by atoms with Crippen LogP contribution < -0.4 is 10.0 Å². The second kappa shape index (κ2) is 6.34. The Balaban J connectivity index is 1.63. The summed E-state index contributed by atoms with van der Waals surface area (Å²) in [6, 6.07) is 8.30. The predicted octanol–water partition coefficient (Wildman–Crippen LogP) is 2.08. The van der Waals surface area contributed by atoms with Crippen molar-refractivity contribution in [3.63, 3.8) is 0 Å². The van der Waals surface area contributed by atoms with Crippen LogP contribution in [0.5, 0.6) is 0 Å². The standard InChI is InChI=1S/C15H23N3O2S/c19-21(20,18-9-2-1-3-10-18)17-15-6-4-5-13(11-15)12-16-14-7-8-14/h4-6,11,14,16-17H,1-3,7-10,12H2. The molecule has 0 radical (unpaired) electrons. The van der Waals surface area contributed by atoms with Gasteiger partial charge in [0.1, 0.15) is 0 Å². The number of nitrogens with one attached hydrogen (secondary N) is 2. The van der Waals surface area contributed by atoms with Crippen LogP contribution in [0.4, 0.5) is 5.69 Å². The van der Waals surface area contributed by atoms with Crippen LogP contribution in [-0.2, 0) is 16.8 Å². The summed E-state index contributed by atoms with van der Waals surface area (Å²) < 4.78 is 28.9. The normalized spacial score (nSPS) is 20.4. The highest BCUT2D eigenvalue weighted by molar-refractivity contribution is 7.90. The van der Waals surface area contributed by atoms with Gasteiger partial charge in [-0.05, 0) is 43.4 Å². The van der Waals surface area contributed by atoms with Gasteiger partial charge in [0.2, 0.25) is 0 Å². The van der Waals surface area contributed by atoms with Gasteiger partial charge in [0, 0.05) is 25.7 Å². The fraction of sp³-hybridized carbons (Fsp3) is 0.600. The predicted molar refractivity (Wildman–Crippen MR) is 84.3 cm³/mol. The molecular formula is C15H23N3O2S. The van der Waals surface area contributed by atoms with Crippen molar-refractivity contribution in [1.29, 1.82) is 0 Å². The van der Waals surface area contributed by atoms with Gasteiger partial charge in [-0.25, -0.2) is 0 Å². The third kappa shape index (κ3) is 4.18. The summed E-state index contributed by atoms with van der Waals surface area (Å²) >= 11 is 0. The molecule has 6 heteroatoms. The molecule has 2 fully saturated rings. The van der Waals surface area contributed by atoms with Gasteiger partial charge >= 0.3 is 10.2 Å². The highest BCUT2D eigenvalue weighted by atomic mass is 32.2. The van der Waals surface area contributed by atoms with Crippen LogP contribution in [0.15, 0.2) is 24.3 Å². The van der Waals surface area contributed by atoms with E-state index in [0.29, 0.717) is 24.8 Å². The summed E-state index contributed by atoms with van der Waals surface area (Å²) in [6.45, 7) is 2.04. The van der Waals surface area contributed by atoms with Gasteiger partial charge in [0.05, 0.1) is 5.69 Å². The van der Waals surface area contributed by atoms with E-state index in [0.717, 1.165) is 31.4 Å². The summed E-state index contributed by atoms with van der Waals surface area (Å²) in [5.41, 5.74) is 1.76. The average molecular weight is 309 g/mol. The number of hydrogen-bond acceptors (Lipinski definition) is 3. The van der Waals surface area contributed by atoms with E-state index in [-0.39, 0.29) is 0 Å². The first-order valence-electron chi connectivity index (χ1n) is 7.74. The summed E-state index contributed by atoms with van der Waals surface area (Å²) in [5.74, 6) is 0. The van der Waals surface area contributed by atoms with E-state index in [1.54, 1.807) is 4.31 Å². The summed E-state index contributed by atoms with van der Waals surface area (Å²) in [4.78, 5) is 0. The second-order valence-electron chi connectivity index (χ2n) is 5.92. The second-order valence-corrected chi connectivity index (χ2v) is 7.59. The molecule has 21 heavy (non-hydrogen) atoms. The molecule has 1 saturated heterocycles. The molecule has 5 nitrogen and oxygen atoms in total. The minimum absolute atomic E-state index is 0.623. The van der Waals surface area contributed by atoms with Gasteiger partial charge in [0.15, 0.2) is 0 Å². The van der Waals surface area contributed by atoms with Gasteiger partial charge in [-0.15, -0.1) is 0 Å². The Bertz CT molecular complexity index is 578. The molecule has 116 valence electrons. The first-order chi connectivity index (χ1) is 10.1. The zero-order valence-electron chi connectivity index (χ0n) is 12.2. The summed E-state index contributed by atoms with van der Waals surface area (Å²) in [7, 11) is -3.41. The first kappa shape index (κ1) is 14.8. The molecule has 0 unspecified atom stereocenters. The molecule has 1 aromatic rings. The molecule has 0 spiro atoms. The molecular weight excluding hydrogens is 286 g/mol. The topological polar surface area (TPSA) is 61.4 Å². The van der Waals surface area contributed by atoms with Crippen LogP contribution in [0, 0.1) is 0 Å². The fourth-order valence-electron chi connectivity index (χ4n) is 2.61. The maximum absolute atomic E-state index is 12.3. The van der Waals surface area contributed by atoms with Gasteiger partial charge in [0.25, 0.3) is 0 Å². The number of anilines is 1. The molecule has 1 heterocycles. The molecule has 0 aromatic heterocycles. The Hall–Kier alpha value is -1.11. The van der Waals surface area contributed by atoms with Crippen LogP contribution in [0.1, 0.15) is 37.7 Å². The average Bonchev–Trinajstić information content (AvgIpc) is 3.30. The van der Waals surface area contributed by atoms with Gasteiger partial charge in [-0.3, -0.25) is 4.72 Å². The molecule has 2 N–H and O–H groups in total. The van der Waals surface area contributed by atoms with E-state index in [1.807, 2.05) is 24.3 Å². The molecule has 0 bridgehead atoms. The lowest BCUT2D eigenvalue weighted by Crippen LogP contribution is -2.39. The van der Waals surface area contributed by atoms with Crippen molar-refractivity contribution >= 4 is 15.9 Å². The molecule has 1 aromatic carbocycles. The monoisotopic (exact) mass is 309 g/mol. The molecule has 1 aliphatic carbocycles. The minimum atomic E-state index is -3.41. The van der Waals surface area contributed by atoms with Crippen molar-refractivity contribution in [2.45, 2.75) is 44.7 Å². The van der Waals surface area contributed by atoms with Crippen LogP contribution in [0.3, 0.4) is 0 Å². The van der Waals surface area contributed by atoms with Crippen LogP contribution in [0.25, 0.3) is 0 Å². The highest BCUT2D eigenvalue weighted by Gasteiger charge is 2.24. The third-order valence-electron chi connectivity index (χ3n) is 4.00. The molecule has 3 rings (SSSR count). The van der Waals surface area contributed by atoms with Gasteiger partial charge in [-0.1, -0.05) is 18.6 Å². The van der Waals surface area contributed by atoms with Crippen molar-refractivity contribution in [3.05, 3.63) is 29.8 Å². The van der Waals surface area contributed by atoms with E-state index in [1.165, 1.54) is 12.8 Å². The first-order valence-corrected chi connectivity index (χ1v) is 9.18. The summed E-state index contributed by atoms with van der Waals surface area (Å²) in [6.07, 6.45) is 5.52. The SMILES string of the molecule is O=S(=O)(Nc1cccc(CNC2CC2)c1)N1CCCCC1. The molecule has 1 saturated carbocycles. The third-order valence-corrected chi connectivity index (χ3v) is 5.54. The van der Waals surface area contributed by atoms with E-state index >= 15 is 0 Å². The number of hydrogen-bond donors (Lipinski definition) is 2. The van der Waals surface area contributed by atoms with Gasteiger partial charge < -0.3 is 5.32 Å². The lowest BCUT2D eigenvalue weighted by atomic mass is 10.2. The van der Waals surface area contributed by atoms with Crippen molar-refractivity contribution in [3.8, 4) is 0 Å².